The zero-order valence-corrected chi connectivity index (χ0v) is 22.3. The van der Waals surface area contributed by atoms with Crippen molar-refractivity contribution in [3.05, 3.63) is 98.6 Å². The lowest BCUT2D eigenvalue weighted by Gasteiger charge is -2.35. The van der Waals surface area contributed by atoms with E-state index in [0.717, 1.165) is 15.6 Å². The summed E-state index contributed by atoms with van der Waals surface area (Å²) in [4.78, 5) is 45.0. The normalized spacial score (nSPS) is 24.0. The van der Waals surface area contributed by atoms with Gasteiger partial charge in [0.2, 0.25) is 11.8 Å². The van der Waals surface area contributed by atoms with Crippen LogP contribution in [0.3, 0.4) is 0 Å². The fourth-order valence-electron chi connectivity index (χ4n) is 5.69. The Morgan fingerprint density at radius 3 is 2.36 bits per heavy atom. The maximum absolute atomic E-state index is 14.0. The number of anilines is 1. The number of Topliss-reactive ketones (excluding diaryl/α,β-unsaturated/α-hetero) is 1. The number of amides is 2. The van der Waals surface area contributed by atoms with E-state index >= 15 is 0 Å². The van der Waals surface area contributed by atoms with Crippen LogP contribution < -0.4 is 9.64 Å². The molecule has 0 unspecified atom stereocenters. The van der Waals surface area contributed by atoms with E-state index in [9.17, 15) is 14.4 Å². The molecule has 3 heterocycles. The number of halogens is 2. The molecule has 3 aliphatic heterocycles. The third-order valence-electron chi connectivity index (χ3n) is 7.25. The third kappa shape index (κ3) is 3.38. The first-order chi connectivity index (χ1) is 17.4. The SMILES string of the molecule is COc1ccc(C(=O)[C@@H]2[C@@H]3C(=O)N(c4ccc(Br)cc4)C(=O)[C@@H]3[C@@H]3c4ccccc4C=CN23)cc1Br. The average molecular weight is 608 g/mol. The number of ether oxygens (including phenoxy) is 1. The van der Waals surface area contributed by atoms with Gasteiger partial charge in [0.15, 0.2) is 5.78 Å². The van der Waals surface area contributed by atoms with Crippen LogP contribution in [0.2, 0.25) is 0 Å². The Hall–Kier alpha value is -3.23. The maximum atomic E-state index is 14.0. The highest BCUT2D eigenvalue weighted by molar-refractivity contribution is 9.10. The molecule has 3 aromatic rings. The minimum Gasteiger partial charge on any atom is -0.496 e. The summed E-state index contributed by atoms with van der Waals surface area (Å²) in [5.41, 5.74) is 2.88. The number of carbonyl (C=O) groups is 3. The molecule has 8 heteroatoms. The second-order valence-corrected chi connectivity index (χ2v) is 10.8. The summed E-state index contributed by atoms with van der Waals surface area (Å²) >= 11 is 6.87. The zero-order chi connectivity index (χ0) is 25.1. The number of nitrogens with zero attached hydrogens (tertiary/aromatic N) is 2. The Balaban J connectivity index is 1.48. The molecule has 0 aromatic heterocycles. The van der Waals surface area contributed by atoms with Crippen molar-refractivity contribution in [2.24, 2.45) is 11.8 Å². The van der Waals surface area contributed by atoms with Crippen molar-refractivity contribution in [3.63, 3.8) is 0 Å². The number of methoxy groups -OCH3 is 1. The van der Waals surface area contributed by atoms with Gasteiger partial charge in [0.1, 0.15) is 11.8 Å². The number of imide groups is 1. The maximum Gasteiger partial charge on any atom is 0.240 e. The summed E-state index contributed by atoms with van der Waals surface area (Å²) in [5, 5.41) is 0. The van der Waals surface area contributed by atoms with Crippen molar-refractivity contribution in [1.29, 1.82) is 0 Å². The van der Waals surface area contributed by atoms with Crippen molar-refractivity contribution in [1.82, 2.24) is 4.90 Å². The second kappa shape index (κ2) is 8.71. The fraction of sp³-hybridized carbons (Fsp3) is 0.179. The molecule has 36 heavy (non-hydrogen) atoms. The van der Waals surface area contributed by atoms with Crippen LogP contribution in [0.25, 0.3) is 6.08 Å². The van der Waals surface area contributed by atoms with Crippen molar-refractivity contribution >= 4 is 61.2 Å². The first kappa shape index (κ1) is 23.2. The van der Waals surface area contributed by atoms with Crippen molar-refractivity contribution in [2.45, 2.75) is 12.1 Å². The van der Waals surface area contributed by atoms with E-state index in [1.165, 1.54) is 4.90 Å². The summed E-state index contributed by atoms with van der Waals surface area (Å²) in [6.07, 6.45) is 3.80. The first-order valence-corrected chi connectivity index (χ1v) is 13.0. The van der Waals surface area contributed by atoms with Gasteiger partial charge in [0.25, 0.3) is 0 Å². The lowest BCUT2D eigenvalue weighted by molar-refractivity contribution is -0.123. The molecular formula is C28H20Br2N2O4. The van der Waals surface area contributed by atoms with Gasteiger partial charge in [-0.1, -0.05) is 40.2 Å². The van der Waals surface area contributed by atoms with Gasteiger partial charge in [0, 0.05) is 16.2 Å². The molecule has 0 N–H and O–H groups in total. The van der Waals surface area contributed by atoms with Crippen molar-refractivity contribution in [3.8, 4) is 5.75 Å². The Labute approximate surface area is 224 Å². The van der Waals surface area contributed by atoms with Gasteiger partial charge in [-0.15, -0.1) is 0 Å². The van der Waals surface area contributed by atoms with Gasteiger partial charge in [-0.3, -0.25) is 14.4 Å². The van der Waals surface area contributed by atoms with E-state index in [2.05, 4.69) is 31.9 Å². The molecule has 0 radical (unpaired) electrons. The summed E-state index contributed by atoms with van der Waals surface area (Å²) in [6.45, 7) is 0. The van der Waals surface area contributed by atoms with Crippen LogP contribution in [-0.2, 0) is 9.59 Å². The molecule has 0 aliphatic carbocycles. The Morgan fingerprint density at radius 2 is 1.64 bits per heavy atom. The van der Waals surface area contributed by atoms with Crippen LogP contribution in [0.4, 0.5) is 5.69 Å². The number of ketones is 1. The molecule has 4 atom stereocenters. The van der Waals surface area contributed by atoms with E-state index < -0.39 is 23.9 Å². The number of fused-ring (bicyclic) bond motifs is 5. The molecular weight excluding hydrogens is 588 g/mol. The summed E-state index contributed by atoms with van der Waals surface area (Å²) in [5.74, 6) is -1.72. The highest BCUT2D eigenvalue weighted by Gasteiger charge is 2.64. The molecule has 180 valence electrons. The van der Waals surface area contributed by atoms with Crippen molar-refractivity contribution in [2.75, 3.05) is 12.0 Å². The second-order valence-electron chi connectivity index (χ2n) is 9.03. The first-order valence-electron chi connectivity index (χ1n) is 11.5. The van der Waals surface area contributed by atoms with Crippen LogP contribution in [-0.4, -0.2) is 35.6 Å². The highest BCUT2D eigenvalue weighted by atomic mass is 79.9. The van der Waals surface area contributed by atoms with Gasteiger partial charge >= 0.3 is 0 Å². The predicted molar refractivity (Wildman–Crippen MR) is 142 cm³/mol. The van der Waals surface area contributed by atoms with Gasteiger partial charge in [-0.05, 0) is 75.6 Å². The van der Waals surface area contributed by atoms with Gasteiger partial charge in [0.05, 0.1) is 35.1 Å². The number of hydrogen-bond acceptors (Lipinski definition) is 5. The Kier molecular flexibility index (Phi) is 5.61. The molecule has 6 rings (SSSR count). The van der Waals surface area contributed by atoms with Gasteiger partial charge < -0.3 is 9.64 Å². The lowest BCUT2D eigenvalue weighted by Crippen LogP contribution is -2.44. The number of rotatable bonds is 4. The third-order valence-corrected chi connectivity index (χ3v) is 8.40. The number of carbonyl (C=O) groups excluding carboxylic acids is 3. The lowest BCUT2D eigenvalue weighted by atomic mass is 9.83. The van der Waals surface area contributed by atoms with Crippen LogP contribution >= 0.6 is 31.9 Å². The summed E-state index contributed by atoms with van der Waals surface area (Å²) in [7, 11) is 1.56. The quantitative estimate of drug-likeness (QED) is 0.285. The molecule has 2 amide bonds. The Morgan fingerprint density at radius 1 is 0.917 bits per heavy atom. The molecule has 0 spiro atoms. The van der Waals surface area contributed by atoms with E-state index in [-0.39, 0.29) is 17.6 Å². The predicted octanol–water partition coefficient (Wildman–Crippen LogP) is 5.62. The standard InChI is InChI=1S/C28H20Br2N2O4/c1-36-21-11-6-16(14-20(21)30)26(33)25-23-22(24-19-5-3-2-4-15(19)12-13-31(24)25)27(34)32(28(23)35)18-9-7-17(29)8-10-18/h2-14,22-25H,1H3/t22-,23+,24-,25-/m0/s1. The molecule has 2 saturated heterocycles. The average Bonchev–Trinajstić information content (AvgIpc) is 3.36. The van der Waals surface area contributed by atoms with E-state index in [1.54, 1.807) is 49.6 Å². The number of benzene rings is 3. The molecule has 0 saturated carbocycles. The monoisotopic (exact) mass is 606 g/mol. The van der Waals surface area contributed by atoms with Crippen LogP contribution in [0.1, 0.15) is 27.5 Å². The molecule has 2 fully saturated rings. The molecule has 3 aromatic carbocycles. The van der Waals surface area contributed by atoms with E-state index in [0.29, 0.717) is 21.5 Å². The van der Waals surface area contributed by atoms with E-state index in [1.807, 2.05) is 41.4 Å². The zero-order valence-electron chi connectivity index (χ0n) is 19.1. The van der Waals surface area contributed by atoms with Gasteiger partial charge in [-0.25, -0.2) is 4.90 Å². The Bertz CT molecular complexity index is 1450. The van der Waals surface area contributed by atoms with Crippen LogP contribution in [0, 0.1) is 11.8 Å². The molecule has 0 bridgehead atoms. The smallest absolute Gasteiger partial charge is 0.240 e. The van der Waals surface area contributed by atoms with Crippen LogP contribution in [0.15, 0.2) is 81.9 Å². The van der Waals surface area contributed by atoms with Gasteiger partial charge in [-0.2, -0.15) is 0 Å². The van der Waals surface area contributed by atoms with Crippen LogP contribution in [0.5, 0.6) is 5.75 Å². The minimum atomic E-state index is -0.818. The topological polar surface area (TPSA) is 66.9 Å². The minimum absolute atomic E-state index is 0.210. The highest BCUT2D eigenvalue weighted by Crippen LogP contribution is 2.53. The summed E-state index contributed by atoms with van der Waals surface area (Å²) in [6, 6.07) is 18.8. The fourth-order valence-corrected chi connectivity index (χ4v) is 6.50. The largest absolute Gasteiger partial charge is 0.496 e. The number of hydrogen-bond donors (Lipinski definition) is 0. The van der Waals surface area contributed by atoms with E-state index in [4.69, 9.17) is 4.74 Å². The molecule has 6 nitrogen and oxygen atoms in total. The molecule has 3 aliphatic rings. The van der Waals surface area contributed by atoms with Crippen molar-refractivity contribution < 1.29 is 19.1 Å². The summed E-state index contributed by atoms with van der Waals surface area (Å²) < 4.78 is 6.81.